The van der Waals surface area contributed by atoms with Gasteiger partial charge in [0.25, 0.3) is 5.91 Å². The highest BCUT2D eigenvalue weighted by Crippen LogP contribution is 2.17. The number of amides is 1. The molecule has 4 nitrogen and oxygen atoms in total. The highest BCUT2D eigenvalue weighted by Gasteiger charge is 2.25. The lowest BCUT2D eigenvalue weighted by Gasteiger charge is -2.23. The Morgan fingerprint density at radius 3 is 2.21 bits per heavy atom. The van der Waals surface area contributed by atoms with Crippen LogP contribution < -0.4 is 10.6 Å². The van der Waals surface area contributed by atoms with E-state index in [4.69, 9.17) is 5.26 Å². The number of carbonyl (C=O) groups excluding carboxylic acids is 1. The number of carbonyl (C=O) groups is 1. The van der Waals surface area contributed by atoms with Crippen molar-refractivity contribution in [1.82, 2.24) is 0 Å². The highest BCUT2D eigenvalue weighted by molar-refractivity contribution is 5.93. The monoisotopic (exact) mass is 322 g/mol. The second-order valence-corrected chi connectivity index (χ2v) is 6.34. The van der Waals surface area contributed by atoms with E-state index in [-0.39, 0.29) is 18.0 Å². The zero-order valence-electron chi connectivity index (χ0n) is 14.4. The van der Waals surface area contributed by atoms with Crippen molar-refractivity contribution >= 4 is 11.6 Å². The first kappa shape index (κ1) is 17.7. The summed E-state index contributed by atoms with van der Waals surface area (Å²) in [5, 5.41) is 13.8. The highest BCUT2D eigenvalue weighted by atomic mass is 16.2. The van der Waals surface area contributed by atoms with Crippen LogP contribution >= 0.6 is 0 Å². The van der Waals surface area contributed by atoms with Gasteiger partial charge in [0.15, 0.2) is 6.04 Å². The first-order chi connectivity index (χ1) is 11.5. The molecule has 0 fully saturated rings. The summed E-state index contributed by atoms with van der Waals surface area (Å²) < 4.78 is 0. The van der Waals surface area contributed by atoms with Gasteiger partial charge in [0, 0.05) is 17.2 Å². The van der Waals surface area contributed by atoms with Gasteiger partial charge >= 0.3 is 0 Å². The van der Waals surface area contributed by atoms with Crippen LogP contribution in [-0.4, -0.2) is 11.9 Å². The van der Waals surface area contributed by atoms with E-state index in [2.05, 4.69) is 42.7 Å². The fraction of sp³-hybridized carbons (Fsp3) is 0.300. The molecule has 2 aromatic carbocycles. The van der Waals surface area contributed by atoms with E-state index in [0.29, 0.717) is 17.2 Å². The molecule has 0 saturated carbocycles. The summed E-state index contributed by atoms with van der Waals surface area (Å²) in [6, 6.07) is 19.2. The van der Waals surface area contributed by atoms with Crippen LogP contribution in [0, 0.1) is 17.2 Å². The van der Waals surface area contributed by atoms with Crippen LogP contribution in [0.5, 0.6) is 0 Å². The number of quaternary nitrogens is 1. The minimum Gasteiger partial charge on any atom is -0.330 e. The Morgan fingerprint density at radius 2 is 1.67 bits per heavy atom. The number of rotatable bonds is 6. The van der Waals surface area contributed by atoms with Crippen LogP contribution in [0.15, 0.2) is 54.6 Å². The van der Waals surface area contributed by atoms with Crippen LogP contribution in [0.1, 0.15) is 37.9 Å². The number of anilines is 1. The topological polar surface area (TPSA) is 69.5 Å². The molecule has 124 valence electrons. The van der Waals surface area contributed by atoms with Crippen LogP contribution in [0.3, 0.4) is 0 Å². The van der Waals surface area contributed by atoms with Crippen LogP contribution in [0.2, 0.25) is 0 Å². The summed E-state index contributed by atoms with van der Waals surface area (Å²) in [4.78, 5) is 12.4. The van der Waals surface area contributed by atoms with E-state index >= 15 is 0 Å². The fourth-order valence-electron chi connectivity index (χ4n) is 2.68. The van der Waals surface area contributed by atoms with Gasteiger partial charge in [-0.15, -0.1) is 0 Å². The average Bonchev–Trinajstić information content (AvgIpc) is 2.60. The van der Waals surface area contributed by atoms with Gasteiger partial charge in [-0.05, 0) is 31.2 Å². The lowest BCUT2D eigenvalue weighted by molar-refractivity contribution is -0.718. The van der Waals surface area contributed by atoms with Crippen molar-refractivity contribution in [2.24, 2.45) is 5.92 Å². The van der Waals surface area contributed by atoms with Crippen LogP contribution in [0.25, 0.3) is 0 Å². The summed E-state index contributed by atoms with van der Waals surface area (Å²) in [5.74, 6) is 0.374. The third kappa shape index (κ3) is 4.68. The van der Waals surface area contributed by atoms with Crippen molar-refractivity contribution in [3.05, 3.63) is 65.7 Å². The molecule has 1 amide bonds. The molecule has 0 radical (unpaired) electrons. The van der Waals surface area contributed by atoms with Crippen molar-refractivity contribution in [3.8, 4) is 6.07 Å². The second kappa shape index (κ2) is 8.28. The summed E-state index contributed by atoms with van der Waals surface area (Å²) >= 11 is 0. The Morgan fingerprint density at radius 1 is 1.04 bits per heavy atom. The minimum absolute atomic E-state index is 0.0405. The van der Waals surface area contributed by atoms with Crippen molar-refractivity contribution in [3.63, 3.8) is 0 Å². The van der Waals surface area contributed by atoms with Gasteiger partial charge in [-0.3, -0.25) is 4.79 Å². The third-order valence-electron chi connectivity index (χ3n) is 4.09. The molecule has 3 N–H and O–H groups in total. The van der Waals surface area contributed by atoms with Crippen molar-refractivity contribution in [2.75, 3.05) is 5.32 Å². The summed E-state index contributed by atoms with van der Waals surface area (Å²) in [6.45, 7) is 6.25. The average molecular weight is 322 g/mol. The number of nitrogens with zero attached hydrogens (tertiary/aromatic N) is 1. The molecule has 2 aromatic rings. The van der Waals surface area contributed by atoms with Gasteiger partial charge in [-0.1, -0.05) is 44.2 Å². The summed E-state index contributed by atoms with van der Waals surface area (Å²) in [6.07, 6.45) is 0. The SMILES string of the molecule is CC(C)[C@@H]([NH2+][C@H](C)C(=O)Nc1ccc(C#N)cc1)c1ccccc1. The van der Waals surface area contributed by atoms with E-state index < -0.39 is 0 Å². The molecule has 0 aliphatic rings. The first-order valence-electron chi connectivity index (χ1n) is 8.22. The van der Waals surface area contributed by atoms with E-state index in [0.717, 1.165) is 0 Å². The first-order valence-corrected chi connectivity index (χ1v) is 8.22. The number of hydrogen-bond donors (Lipinski definition) is 2. The Kier molecular flexibility index (Phi) is 6.11. The maximum absolute atomic E-state index is 12.4. The second-order valence-electron chi connectivity index (χ2n) is 6.34. The van der Waals surface area contributed by atoms with Gasteiger partial charge in [-0.25, -0.2) is 0 Å². The number of nitrogens with one attached hydrogen (secondary N) is 1. The molecule has 0 heterocycles. The van der Waals surface area contributed by atoms with Gasteiger partial charge in [0.2, 0.25) is 0 Å². The zero-order chi connectivity index (χ0) is 17.5. The van der Waals surface area contributed by atoms with Crippen LogP contribution in [-0.2, 0) is 4.79 Å². The van der Waals surface area contributed by atoms with E-state index in [1.165, 1.54) is 5.56 Å². The van der Waals surface area contributed by atoms with Gasteiger partial charge in [-0.2, -0.15) is 5.26 Å². The molecule has 0 aliphatic carbocycles. The molecule has 0 bridgehead atoms. The molecule has 0 aromatic heterocycles. The Bertz CT molecular complexity index is 702. The lowest BCUT2D eigenvalue weighted by Crippen LogP contribution is -2.93. The van der Waals surface area contributed by atoms with Crippen molar-refractivity contribution in [2.45, 2.75) is 32.9 Å². The van der Waals surface area contributed by atoms with Crippen molar-refractivity contribution < 1.29 is 10.1 Å². The third-order valence-corrected chi connectivity index (χ3v) is 4.09. The molecule has 4 heteroatoms. The fourth-order valence-corrected chi connectivity index (χ4v) is 2.68. The molecular weight excluding hydrogens is 298 g/mol. The maximum Gasteiger partial charge on any atom is 0.282 e. The Balaban J connectivity index is 2.02. The van der Waals surface area contributed by atoms with Gasteiger partial charge < -0.3 is 10.6 Å². The normalized spacial score (nSPS) is 13.1. The molecule has 0 spiro atoms. The minimum atomic E-state index is -0.215. The van der Waals surface area contributed by atoms with Gasteiger partial charge in [0.1, 0.15) is 6.04 Å². The predicted molar refractivity (Wildman–Crippen MR) is 95.2 cm³/mol. The quantitative estimate of drug-likeness (QED) is 0.858. The molecule has 0 aliphatic heterocycles. The summed E-state index contributed by atoms with van der Waals surface area (Å²) in [7, 11) is 0. The molecule has 2 atom stereocenters. The zero-order valence-corrected chi connectivity index (χ0v) is 14.4. The number of benzene rings is 2. The van der Waals surface area contributed by atoms with E-state index in [1.54, 1.807) is 24.3 Å². The molecule has 0 unspecified atom stereocenters. The van der Waals surface area contributed by atoms with Gasteiger partial charge in [0.05, 0.1) is 11.6 Å². The lowest BCUT2D eigenvalue weighted by atomic mass is 9.95. The molecule has 0 saturated heterocycles. The van der Waals surface area contributed by atoms with Crippen LogP contribution in [0.4, 0.5) is 5.69 Å². The molecule has 2 rings (SSSR count). The number of hydrogen-bond acceptors (Lipinski definition) is 2. The number of nitrogens with two attached hydrogens (primary N) is 1. The Labute approximate surface area is 143 Å². The predicted octanol–water partition coefficient (Wildman–Crippen LogP) is 2.85. The largest absolute Gasteiger partial charge is 0.330 e. The maximum atomic E-state index is 12.4. The summed E-state index contributed by atoms with van der Waals surface area (Å²) in [5.41, 5.74) is 2.52. The van der Waals surface area contributed by atoms with Crippen molar-refractivity contribution in [1.29, 1.82) is 5.26 Å². The smallest absolute Gasteiger partial charge is 0.282 e. The van der Waals surface area contributed by atoms with E-state index in [1.807, 2.05) is 25.1 Å². The molecule has 24 heavy (non-hydrogen) atoms. The molecular formula is C20H24N3O+. The Hall–Kier alpha value is -2.64. The van der Waals surface area contributed by atoms with E-state index in [9.17, 15) is 4.79 Å². The number of nitriles is 1. The standard InChI is InChI=1S/C20H23N3O/c1-14(2)19(17-7-5-4-6-8-17)22-15(3)20(24)23-18-11-9-16(13-21)10-12-18/h4-12,14-15,19,22H,1-3H3,(H,23,24)/p+1/t15-,19-/m1/s1.